The van der Waals surface area contributed by atoms with Crippen molar-refractivity contribution >= 4 is 199 Å². The molecule has 18 amide bonds. The highest BCUT2D eigenvalue weighted by Crippen LogP contribution is 2.34. The van der Waals surface area contributed by atoms with E-state index in [1.54, 1.807) is 147 Å². The Labute approximate surface area is 851 Å². The molecule has 0 fully saturated rings. The van der Waals surface area contributed by atoms with Crippen molar-refractivity contribution < 1.29 is 106 Å². The van der Waals surface area contributed by atoms with Crippen molar-refractivity contribution in [2.45, 2.75) is 13.8 Å². The lowest BCUT2D eigenvalue weighted by Crippen LogP contribution is -2.44. The van der Waals surface area contributed by atoms with Gasteiger partial charge in [-0.05, 0) is 231 Å². The molecule has 12 rings (SSSR count). The molecule has 0 unspecified atom stereocenters. The predicted octanol–water partition coefficient (Wildman–Crippen LogP) is 18.2. The minimum atomic E-state index is -0.686. The number of rotatable bonds is 20. The van der Waals surface area contributed by atoms with E-state index in [2.05, 4.69) is 97.0 Å². The molecule has 142 heavy (non-hydrogen) atoms. The van der Waals surface area contributed by atoms with E-state index >= 15 is 0 Å². The maximum Gasteiger partial charge on any atom is 0.338 e. The van der Waals surface area contributed by atoms with Crippen molar-refractivity contribution in [2.75, 3.05) is 88.8 Å². The van der Waals surface area contributed by atoms with Gasteiger partial charge in [0.2, 0.25) is 0 Å². The molecule has 40 nitrogen and oxygen atoms in total. The third-order valence-corrected chi connectivity index (χ3v) is 20.2. The lowest BCUT2D eigenvalue weighted by molar-refractivity contribution is 0.0928. The van der Waals surface area contributed by atoms with Crippen LogP contribution in [-0.4, -0.2) is 139 Å². The smallest absolute Gasteiger partial charge is 0.338 e. The van der Waals surface area contributed by atoms with E-state index in [4.69, 9.17) is 136 Å². The van der Waals surface area contributed by atoms with Gasteiger partial charge in [-0.2, -0.15) is 0 Å². The normalized spacial score (nSPS) is 9.87. The molecule has 0 bridgehead atoms. The number of carbonyl (C=O) groups excluding carboxylic acids is 12. The lowest BCUT2D eigenvalue weighted by atomic mass is 10.2. The number of phenols is 2. The Bertz CT molecular complexity index is 6340. The summed E-state index contributed by atoms with van der Waals surface area (Å²) < 4.78 is 40.9. The Balaban J connectivity index is 0.000000231. The maximum absolute atomic E-state index is 12.0. The summed E-state index contributed by atoms with van der Waals surface area (Å²) in [4.78, 5) is 143. The van der Waals surface area contributed by atoms with Crippen LogP contribution in [0.1, 0.15) is 73.3 Å². The summed E-state index contributed by atoms with van der Waals surface area (Å²) in [5.41, 5.74) is 32.8. The highest BCUT2D eigenvalue weighted by molar-refractivity contribution is 6.42. The second-order valence-corrected chi connectivity index (χ2v) is 31.2. The van der Waals surface area contributed by atoms with E-state index in [1.165, 1.54) is 141 Å². The van der Waals surface area contributed by atoms with Crippen molar-refractivity contribution in [3.8, 4) is 57.5 Å². The molecular formula is C94H90Cl8N18O22. The third-order valence-electron chi connectivity index (χ3n) is 17.9. The van der Waals surface area contributed by atoms with Crippen LogP contribution < -0.4 is 135 Å². The topological polar surface area (TPSA) is 536 Å². The Morgan fingerprint density at radius 1 is 0.225 bits per heavy atom. The summed E-state index contributed by atoms with van der Waals surface area (Å²) in [6.07, 6.45) is 0. The number of benzene rings is 12. The van der Waals surface area contributed by atoms with Gasteiger partial charge in [-0.15, -0.1) is 0 Å². The number of aryl methyl sites for hydroxylation is 2. The van der Waals surface area contributed by atoms with Crippen molar-refractivity contribution in [3.05, 3.63) is 327 Å². The number of para-hydroxylation sites is 1. The molecule has 0 heterocycles. The Morgan fingerprint density at radius 2 is 0.535 bits per heavy atom. The molecule has 0 spiro atoms. The standard InChI is InChI=1S/C17H19N3O4.C16H15Cl2N3O4.C16H16ClN3O3.C15H12Cl3N3O3.2C15H14ClN3O4/c1-11-4-9-15(24-3)14(10-11)18-17(22)20-19-16(21)12-5-7-13(23-2)8-6-12;1-24-10-4-6-14(25-2)13(8-10)19-16(23)21-20-15(22)9-3-5-11(17)12(18)7-9;1-10-3-8-14(23-2)13(9-10)18-16(22)20-19-15(21)11-4-6-12(17)7-5-11;1-24-13-5-3-9(17)7-12(13)19-15(23)21-20-14(22)10-4-2-8(16)6-11(10)18;1-23-13-7-4-10(16)8-12(13)17-15(22)19-18-14(21)9-2-5-11(20)6-3-9;1-23-13-8-9(16)6-7-11(13)17-15(22)19-18-14(21)10-4-2-3-5-12(10)20/h4-10H,1-3H3,(H,19,21)(H2,18,20,22);3-8H,1-2H3,(H,20,22)(H2,19,21,23);3-9H,1-2H3,(H,19,21)(H2,18,20,22);2-7H,1H3,(H,20,22)(H2,19,21,23);2*2-8,20H,1H3,(H,18,21)(H2,17,19,22). The van der Waals surface area contributed by atoms with Crippen LogP contribution in [0.2, 0.25) is 40.2 Å². The van der Waals surface area contributed by atoms with E-state index in [0.29, 0.717) is 121 Å². The van der Waals surface area contributed by atoms with E-state index in [1.807, 2.05) is 26.0 Å². The van der Waals surface area contributed by atoms with Gasteiger partial charge >= 0.3 is 36.2 Å². The molecule has 0 aliphatic heterocycles. The summed E-state index contributed by atoms with van der Waals surface area (Å²) in [5.74, 6) is 0.522. The summed E-state index contributed by atoms with van der Waals surface area (Å²) in [6, 6.07) is 59.0. The van der Waals surface area contributed by atoms with Gasteiger partial charge in [0.25, 0.3) is 35.4 Å². The number of hydrazine groups is 6. The molecule has 0 aliphatic carbocycles. The summed E-state index contributed by atoms with van der Waals surface area (Å²) >= 11 is 46.6. The molecule has 12 aromatic carbocycles. The highest BCUT2D eigenvalue weighted by atomic mass is 35.5. The largest absolute Gasteiger partial charge is 0.508 e. The first-order valence-corrected chi connectivity index (χ1v) is 43.5. The number of carbonyl (C=O) groups is 12. The number of anilines is 6. The van der Waals surface area contributed by atoms with E-state index in [-0.39, 0.29) is 43.8 Å². The number of aromatic hydroxyl groups is 2. The van der Waals surface area contributed by atoms with Crippen LogP contribution in [0.5, 0.6) is 57.5 Å². The second-order valence-electron chi connectivity index (χ2n) is 27.8. The zero-order valence-electron chi connectivity index (χ0n) is 76.2. The predicted molar refractivity (Wildman–Crippen MR) is 540 cm³/mol. The quantitative estimate of drug-likeness (QED) is 0.0315. The summed E-state index contributed by atoms with van der Waals surface area (Å²) in [6.45, 7) is 3.79. The van der Waals surface area contributed by atoms with Gasteiger partial charge in [0.15, 0.2) is 0 Å². The molecular weight excluding hydrogens is 2020 g/mol. The third kappa shape index (κ3) is 37.4. The minimum absolute atomic E-state index is 0.0388. The first kappa shape index (κ1) is 112. The van der Waals surface area contributed by atoms with Gasteiger partial charge in [0, 0.05) is 59.5 Å². The van der Waals surface area contributed by atoms with Crippen LogP contribution >= 0.6 is 92.8 Å². The molecule has 0 atom stereocenters. The fourth-order valence-electron chi connectivity index (χ4n) is 11.0. The van der Waals surface area contributed by atoms with Crippen LogP contribution in [-0.2, 0) is 0 Å². The number of halogens is 8. The van der Waals surface area contributed by atoms with Gasteiger partial charge in [0.05, 0.1) is 117 Å². The highest BCUT2D eigenvalue weighted by Gasteiger charge is 2.21. The number of nitrogens with one attached hydrogen (secondary N) is 18. The number of phenolic OH excluding ortho intramolecular Hbond substituents is 2. The van der Waals surface area contributed by atoms with Gasteiger partial charge in [-0.25, -0.2) is 61.3 Å². The lowest BCUT2D eigenvalue weighted by Gasteiger charge is -2.13. The van der Waals surface area contributed by atoms with Gasteiger partial charge in [-0.1, -0.05) is 117 Å². The zero-order chi connectivity index (χ0) is 104. The molecule has 0 radical (unpaired) electrons. The number of methoxy groups -OCH3 is 8. The Morgan fingerprint density at radius 3 is 0.937 bits per heavy atom. The molecule has 0 aromatic heterocycles. The zero-order valence-corrected chi connectivity index (χ0v) is 82.2. The summed E-state index contributed by atoms with van der Waals surface area (Å²) in [5, 5.41) is 37.0. The van der Waals surface area contributed by atoms with Crippen molar-refractivity contribution in [1.29, 1.82) is 0 Å². The van der Waals surface area contributed by atoms with E-state index in [0.717, 1.165) is 11.1 Å². The SMILES string of the molecule is COc1cc(Cl)ccc1NC(=O)NNC(=O)c1ccccc1O.COc1ccc(C(=O)NNC(=O)Nc2cc(C)ccc2OC)cc1.COc1ccc(C)cc1NC(=O)NNC(=O)c1ccc(Cl)cc1.COc1ccc(Cl)cc1NC(=O)NNC(=O)c1ccc(Cl)cc1Cl.COc1ccc(Cl)cc1NC(=O)NNC(=O)c1ccc(O)cc1.COc1ccc(OC)c(NC(=O)NNC(=O)c2ccc(Cl)c(Cl)c2)c1. The Hall–Kier alpha value is -16.6. The van der Waals surface area contributed by atoms with Crippen LogP contribution in [0.3, 0.4) is 0 Å². The average molecular weight is 2110 g/mol. The van der Waals surface area contributed by atoms with Gasteiger partial charge in [-0.3, -0.25) is 61.3 Å². The van der Waals surface area contributed by atoms with Crippen LogP contribution in [0, 0.1) is 13.8 Å². The average Bonchev–Trinajstić information content (AvgIpc) is 0.854. The summed E-state index contributed by atoms with van der Waals surface area (Å²) in [7, 11) is 11.9. The number of ether oxygens (including phenoxy) is 8. The number of urea groups is 6. The van der Waals surface area contributed by atoms with Crippen molar-refractivity contribution in [1.82, 2.24) is 65.1 Å². The fraction of sp³-hybridized carbons (Fsp3) is 0.106. The van der Waals surface area contributed by atoms with E-state index < -0.39 is 71.6 Å². The second kappa shape index (κ2) is 57.6. The minimum Gasteiger partial charge on any atom is -0.508 e. The monoisotopic (exact) mass is 2100 g/mol. The first-order valence-electron chi connectivity index (χ1n) is 40.5. The molecule has 744 valence electrons. The number of amides is 18. The maximum atomic E-state index is 12.0. The molecule has 0 saturated heterocycles. The molecule has 20 N–H and O–H groups in total. The number of hydrogen-bond donors (Lipinski definition) is 20. The fourth-order valence-corrected chi connectivity index (χ4v) is 12.5. The first-order chi connectivity index (χ1) is 67.9. The molecule has 0 saturated carbocycles. The van der Waals surface area contributed by atoms with E-state index in [9.17, 15) is 62.6 Å². The van der Waals surface area contributed by atoms with Gasteiger partial charge < -0.3 is 80.0 Å². The van der Waals surface area contributed by atoms with Crippen molar-refractivity contribution in [2.24, 2.45) is 0 Å². The van der Waals surface area contributed by atoms with Crippen molar-refractivity contribution in [3.63, 3.8) is 0 Å². The van der Waals surface area contributed by atoms with Crippen LogP contribution in [0.4, 0.5) is 62.9 Å². The van der Waals surface area contributed by atoms with Crippen LogP contribution in [0.15, 0.2) is 243 Å². The number of hydrogen-bond acceptors (Lipinski definition) is 22. The Kier molecular flexibility index (Phi) is 45.6. The van der Waals surface area contributed by atoms with Crippen LogP contribution in [0.25, 0.3) is 0 Å². The molecule has 48 heteroatoms. The molecule has 12 aromatic rings. The van der Waals surface area contributed by atoms with Gasteiger partial charge in [0.1, 0.15) is 57.5 Å². The molecule has 0 aliphatic rings.